The van der Waals surface area contributed by atoms with E-state index < -0.39 is 0 Å². The summed E-state index contributed by atoms with van der Waals surface area (Å²) >= 11 is 0. The molecule has 1 saturated carbocycles. The predicted molar refractivity (Wildman–Crippen MR) is 143 cm³/mol. The molecule has 1 saturated heterocycles. The molecule has 0 N–H and O–H groups in total. The molecule has 1 aliphatic carbocycles. The van der Waals surface area contributed by atoms with E-state index in [-0.39, 0.29) is 11.1 Å². The molecule has 0 spiro atoms. The van der Waals surface area contributed by atoms with Crippen LogP contribution in [0.2, 0.25) is 0 Å². The number of likely N-dealkylation sites (tertiary alicyclic amines) is 1. The highest BCUT2D eigenvalue weighted by Crippen LogP contribution is 2.46. The molecular formula is C32H47N. The lowest BCUT2D eigenvalue weighted by Gasteiger charge is -2.55. The first-order chi connectivity index (χ1) is 15.7. The molecule has 33 heavy (non-hydrogen) atoms. The molecule has 180 valence electrons. The Kier molecular flexibility index (Phi) is 7.39. The Hall–Kier alpha value is -1.60. The molecule has 0 amide bonds. The van der Waals surface area contributed by atoms with Crippen molar-refractivity contribution in [2.24, 2.45) is 0 Å². The lowest BCUT2D eigenvalue weighted by atomic mass is 9.71. The minimum Gasteiger partial charge on any atom is -0.293 e. The zero-order valence-corrected chi connectivity index (χ0v) is 22.2. The molecule has 0 aromatic heterocycles. The van der Waals surface area contributed by atoms with Crippen molar-refractivity contribution in [3.05, 3.63) is 70.8 Å². The topological polar surface area (TPSA) is 3.24 Å². The third-order valence-electron chi connectivity index (χ3n) is 8.87. The first-order valence-corrected chi connectivity index (χ1v) is 13.7. The van der Waals surface area contributed by atoms with Crippen molar-refractivity contribution in [3.8, 4) is 0 Å². The molecule has 1 aliphatic heterocycles. The third kappa shape index (κ3) is 5.40. The largest absolute Gasteiger partial charge is 0.293 e. The average Bonchev–Trinajstić information content (AvgIpc) is 2.79. The number of piperidine rings is 1. The van der Waals surface area contributed by atoms with Crippen molar-refractivity contribution in [3.63, 3.8) is 0 Å². The SMILES string of the molecule is CCCc1ccc(C2CCC(c3ccc(C4CC(C)(C)N(CC)C(C)(C)C4)cc3)CC2)cc1. The van der Waals surface area contributed by atoms with Crippen molar-refractivity contribution in [1.29, 1.82) is 0 Å². The molecule has 1 heteroatoms. The van der Waals surface area contributed by atoms with Gasteiger partial charge in [-0.2, -0.15) is 0 Å². The standard InChI is InChI=1S/C32H47N/c1-7-9-24-10-12-25(13-11-24)26-14-16-27(17-15-26)28-18-20-29(21-19-28)30-22-31(3,4)33(8-2)32(5,6)23-30/h10-13,18-21,26-27,30H,7-9,14-17,22-23H2,1-6H3. The van der Waals surface area contributed by atoms with Crippen molar-refractivity contribution in [1.82, 2.24) is 4.90 Å². The molecule has 0 bridgehead atoms. The summed E-state index contributed by atoms with van der Waals surface area (Å²) in [5, 5.41) is 0. The van der Waals surface area contributed by atoms with E-state index in [9.17, 15) is 0 Å². The third-order valence-corrected chi connectivity index (χ3v) is 8.87. The second-order valence-corrected chi connectivity index (χ2v) is 12.2. The van der Waals surface area contributed by atoms with Gasteiger partial charge < -0.3 is 0 Å². The van der Waals surface area contributed by atoms with Crippen molar-refractivity contribution >= 4 is 0 Å². The highest BCUT2D eigenvalue weighted by Gasteiger charge is 2.44. The Morgan fingerprint density at radius 1 is 0.636 bits per heavy atom. The number of nitrogens with zero attached hydrogens (tertiary/aromatic N) is 1. The summed E-state index contributed by atoms with van der Waals surface area (Å²) in [4.78, 5) is 2.71. The van der Waals surface area contributed by atoms with E-state index in [2.05, 4.69) is 95.0 Å². The Balaban J connectivity index is 1.37. The van der Waals surface area contributed by atoms with Gasteiger partial charge in [0.25, 0.3) is 0 Å². The summed E-state index contributed by atoms with van der Waals surface area (Å²) in [5.74, 6) is 2.16. The van der Waals surface area contributed by atoms with Gasteiger partial charge in [0.15, 0.2) is 0 Å². The van der Waals surface area contributed by atoms with Gasteiger partial charge in [0.2, 0.25) is 0 Å². The maximum atomic E-state index is 2.71. The van der Waals surface area contributed by atoms with Crippen LogP contribution in [0.15, 0.2) is 48.5 Å². The van der Waals surface area contributed by atoms with Crippen LogP contribution < -0.4 is 0 Å². The fourth-order valence-electron chi connectivity index (χ4n) is 7.46. The van der Waals surface area contributed by atoms with Gasteiger partial charge in [-0.1, -0.05) is 68.8 Å². The summed E-state index contributed by atoms with van der Waals surface area (Å²) in [6.45, 7) is 15.5. The van der Waals surface area contributed by atoms with E-state index in [0.29, 0.717) is 5.92 Å². The van der Waals surface area contributed by atoms with Crippen LogP contribution in [0.1, 0.15) is 126 Å². The number of aryl methyl sites for hydroxylation is 1. The van der Waals surface area contributed by atoms with Gasteiger partial charge >= 0.3 is 0 Å². The fraction of sp³-hybridized carbons (Fsp3) is 0.625. The number of benzene rings is 2. The number of hydrogen-bond donors (Lipinski definition) is 0. The van der Waals surface area contributed by atoms with Crippen molar-refractivity contribution in [2.75, 3.05) is 6.54 Å². The molecule has 2 aromatic carbocycles. The first-order valence-electron chi connectivity index (χ1n) is 13.7. The molecule has 1 nitrogen and oxygen atoms in total. The fourth-order valence-corrected chi connectivity index (χ4v) is 7.46. The van der Waals surface area contributed by atoms with Crippen LogP contribution in [0.5, 0.6) is 0 Å². The summed E-state index contributed by atoms with van der Waals surface area (Å²) < 4.78 is 0. The number of rotatable bonds is 6. The van der Waals surface area contributed by atoms with Crippen molar-refractivity contribution in [2.45, 2.75) is 122 Å². The van der Waals surface area contributed by atoms with E-state index in [1.54, 1.807) is 16.7 Å². The van der Waals surface area contributed by atoms with Crippen molar-refractivity contribution < 1.29 is 0 Å². The highest BCUT2D eigenvalue weighted by atomic mass is 15.3. The molecule has 2 fully saturated rings. The van der Waals surface area contributed by atoms with Crippen LogP contribution in [-0.4, -0.2) is 22.5 Å². The summed E-state index contributed by atoms with van der Waals surface area (Å²) in [6, 6.07) is 19.4. The quantitative estimate of drug-likeness (QED) is 0.429. The molecular weight excluding hydrogens is 398 g/mol. The molecule has 4 rings (SSSR count). The van der Waals surface area contributed by atoms with Gasteiger partial charge in [-0.05, 0) is 119 Å². The highest BCUT2D eigenvalue weighted by molar-refractivity contribution is 5.31. The van der Waals surface area contributed by atoms with E-state index in [1.165, 1.54) is 56.9 Å². The number of hydrogen-bond acceptors (Lipinski definition) is 1. The van der Waals surface area contributed by atoms with Gasteiger partial charge in [-0.15, -0.1) is 0 Å². The Morgan fingerprint density at radius 2 is 1.03 bits per heavy atom. The van der Waals surface area contributed by atoms with Gasteiger partial charge in [0.1, 0.15) is 0 Å². The van der Waals surface area contributed by atoms with Crippen LogP contribution in [0.3, 0.4) is 0 Å². The summed E-state index contributed by atoms with van der Waals surface area (Å²) in [6.07, 6.45) is 10.3. The smallest absolute Gasteiger partial charge is 0.0164 e. The van der Waals surface area contributed by atoms with E-state index in [0.717, 1.165) is 18.4 Å². The second-order valence-electron chi connectivity index (χ2n) is 12.2. The van der Waals surface area contributed by atoms with Gasteiger partial charge in [0.05, 0.1) is 0 Å². The van der Waals surface area contributed by atoms with Gasteiger partial charge in [-0.25, -0.2) is 0 Å². The van der Waals surface area contributed by atoms with Crippen LogP contribution in [0, 0.1) is 0 Å². The zero-order chi connectivity index (χ0) is 23.6. The van der Waals surface area contributed by atoms with Crippen LogP contribution in [-0.2, 0) is 6.42 Å². The molecule has 0 radical (unpaired) electrons. The van der Waals surface area contributed by atoms with E-state index >= 15 is 0 Å². The van der Waals surface area contributed by atoms with Crippen LogP contribution in [0.4, 0.5) is 0 Å². The molecule has 0 unspecified atom stereocenters. The van der Waals surface area contributed by atoms with E-state index in [1.807, 2.05) is 0 Å². The summed E-state index contributed by atoms with van der Waals surface area (Å²) in [5.41, 5.74) is 6.69. The van der Waals surface area contributed by atoms with E-state index in [4.69, 9.17) is 0 Å². The zero-order valence-electron chi connectivity index (χ0n) is 22.2. The minimum absolute atomic E-state index is 0.257. The first kappa shape index (κ1) is 24.5. The molecule has 2 aromatic rings. The lowest BCUT2D eigenvalue weighted by molar-refractivity contribution is -0.0316. The van der Waals surface area contributed by atoms with Crippen LogP contribution in [0.25, 0.3) is 0 Å². The van der Waals surface area contributed by atoms with Crippen LogP contribution >= 0.6 is 0 Å². The Morgan fingerprint density at radius 3 is 1.42 bits per heavy atom. The average molecular weight is 446 g/mol. The summed E-state index contributed by atoms with van der Waals surface area (Å²) in [7, 11) is 0. The maximum Gasteiger partial charge on any atom is 0.0164 e. The van der Waals surface area contributed by atoms with Gasteiger partial charge in [-0.3, -0.25) is 4.90 Å². The Bertz CT molecular complexity index is 863. The second kappa shape index (κ2) is 9.95. The Labute approximate surface area is 204 Å². The maximum absolute atomic E-state index is 2.71. The normalized spacial score (nSPS) is 25.8. The molecule has 0 atom stereocenters. The minimum atomic E-state index is 0.257. The lowest BCUT2D eigenvalue weighted by Crippen LogP contribution is -2.59. The molecule has 2 aliphatic rings. The predicted octanol–water partition coefficient (Wildman–Crippen LogP) is 8.84. The molecule has 1 heterocycles. The monoisotopic (exact) mass is 445 g/mol. The van der Waals surface area contributed by atoms with Gasteiger partial charge in [0, 0.05) is 11.1 Å².